The SMILES string of the molecule is CN(C(=O)c1cnn(C)c1)C(C)(C)CO. The maximum absolute atomic E-state index is 11.9. The molecule has 84 valence electrons. The van der Waals surface area contributed by atoms with Gasteiger partial charge in [0.1, 0.15) is 0 Å². The molecule has 0 unspecified atom stereocenters. The van der Waals surface area contributed by atoms with Crippen LogP contribution in [0.5, 0.6) is 0 Å². The van der Waals surface area contributed by atoms with E-state index in [9.17, 15) is 4.79 Å². The highest BCUT2D eigenvalue weighted by Crippen LogP contribution is 2.14. The lowest BCUT2D eigenvalue weighted by Crippen LogP contribution is -2.47. The van der Waals surface area contributed by atoms with Crippen molar-refractivity contribution < 1.29 is 9.90 Å². The summed E-state index contributed by atoms with van der Waals surface area (Å²) in [5.74, 6) is -0.137. The van der Waals surface area contributed by atoms with Gasteiger partial charge in [0.15, 0.2) is 0 Å². The van der Waals surface area contributed by atoms with Crippen molar-refractivity contribution in [1.29, 1.82) is 0 Å². The number of aliphatic hydroxyl groups is 1. The first-order valence-corrected chi connectivity index (χ1v) is 4.76. The Hall–Kier alpha value is -1.36. The van der Waals surface area contributed by atoms with E-state index in [2.05, 4.69) is 5.10 Å². The quantitative estimate of drug-likeness (QED) is 0.780. The van der Waals surface area contributed by atoms with Crippen LogP contribution in [-0.4, -0.2) is 44.9 Å². The lowest BCUT2D eigenvalue weighted by molar-refractivity contribution is 0.0473. The van der Waals surface area contributed by atoms with Crippen molar-refractivity contribution in [3.63, 3.8) is 0 Å². The third-order valence-corrected chi connectivity index (χ3v) is 2.55. The van der Waals surface area contributed by atoms with Crippen molar-refractivity contribution in [3.8, 4) is 0 Å². The molecule has 0 aliphatic heterocycles. The molecule has 5 nitrogen and oxygen atoms in total. The van der Waals surface area contributed by atoms with Crippen molar-refractivity contribution in [2.45, 2.75) is 19.4 Å². The van der Waals surface area contributed by atoms with Crippen molar-refractivity contribution in [3.05, 3.63) is 18.0 Å². The van der Waals surface area contributed by atoms with Gasteiger partial charge in [-0.05, 0) is 13.8 Å². The highest BCUT2D eigenvalue weighted by atomic mass is 16.3. The summed E-state index contributed by atoms with van der Waals surface area (Å²) in [5, 5.41) is 13.1. The minimum absolute atomic E-state index is 0.0739. The van der Waals surface area contributed by atoms with Crippen molar-refractivity contribution in [1.82, 2.24) is 14.7 Å². The summed E-state index contributed by atoms with van der Waals surface area (Å²) in [6.07, 6.45) is 3.18. The fourth-order valence-electron chi connectivity index (χ4n) is 1.11. The molecule has 1 N–H and O–H groups in total. The van der Waals surface area contributed by atoms with Crippen LogP contribution in [0, 0.1) is 0 Å². The van der Waals surface area contributed by atoms with Gasteiger partial charge in [0.2, 0.25) is 0 Å². The third kappa shape index (κ3) is 2.36. The van der Waals surface area contributed by atoms with Crippen LogP contribution in [0.4, 0.5) is 0 Å². The number of amides is 1. The van der Waals surface area contributed by atoms with Gasteiger partial charge in [0.05, 0.1) is 23.9 Å². The lowest BCUT2D eigenvalue weighted by atomic mass is 10.0. The molecule has 0 aromatic carbocycles. The number of hydrogen-bond acceptors (Lipinski definition) is 3. The number of rotatable bonds is 3. The summed E-state index contributed by atoms with van der Waals surface area (Å²) >= 11 is 0. The molecule has 5 heteroatoms. The van der Waals surface area contributed by atoms with Crippen LogP contribution in [0.25, 0.3) is 0 Å². The monoisotopic (exact) mass is 211 g/mol. The van der Waals surface area contributed by atoms with Gasteiger partial charge in [0, 0.05) is 20.3 Å². The molecule has 1 amide bonds. The fourth-order valence-corrected chi connectivity index (χ4v) is 1.11. The summed E-state index contributed by atoms with van der Waals surface area (Å²) in [7, 11) is 3.43. The minimum atomic E-state index is -0.563. The molecule has 0 bridgehead atoms. The van der Waals surface area contributed by atoms with Gasteiger partial charge in [-0.3, -0.25) is 9.48 Å². The molecular formula is C10H17N3O2. The molecule has 1 heterocycles. The first kappa shape index (κ1) is 11.7. The zero-order valence-electron chi connectivity index (χ0n) is 9.56. The maximum Gasteiger partial charge on any atom is 0.257 e. The van der Waals surface area contributed by atoms with Crippen molar-refractivity contribution >= 4 is 5.91 Å². The van der Waals surface area contributed by atoms with E-state index >= 15 is 0 Å². The maximum atomic E-state index is 11.9. The average molecular weight is 211 g/mol. The molecule has 0 aliphatic rings. The van der Waals surface area contributed by atoms with Gasteiger partial charge < -0.3 is 10.0 Å². The number of carbonyl (C=O) groups excluding carboxylic acids is 1. The van der Waals surface area contributed by atoms with Gasteiger partial charge in [0.25, 0.3) is 5.91 Å². The predicted octanol–water partition coefficient (Wildman–Crippen LogP) is 0.263. The standard InChI is InChI=1S/C10H17N3O2/c1-10(2,7-14)13(4)9(15)8-5-11-12(3)6-8/h5-6,14H,7H2,1-4H3. The third-order valence-electron chi connectivity index (χ3n) is 2.55. The summed E-state index contributed by atoms with van der Waals surface area (Å²) in [4.78, 5) is 13.4. The molecule has 0 aliphatic carbocycles. The summed E-state index contributed by atoms with van der Waals surface area (Å²) in [6, 6.07) is 0. The second-order valence-electron chi connectivity index (χ2n) is 4.24. The van der Waals surface area contributed by atoms with Crippen LogP contribution in [0.1, 0.15) is 24.2 Å². The number of nitrogens with zero attached hydrogens (tertiary/aromatic N) is 3. The average Bonchev–Trinajstić information content (AvgIpc) is 2.62. The summed E-state index contributed by atoms with van der Waals surface area (Å²) in [6.45, 7) is 3.54. The molecular weight excluding hydrogens is 194 g/mol. The van der Waals surface area contributed by atoms with Crippen LogP contribution >= 0.6 is 0 Å². The van der Waals surface area contributed by atoms with E-state index in [1.807, 2.05) is 0 Å². The molecule has 0 saturated carbocycles. The second kappa shape index (κ2) is 4.02. The number of carbonyl (C=O) groups is 1. The Morgan fingerprint density at radius 1 is 1.67 bits per heavy atom. The Labute approximate surface area is 89.3 Å². The van der Waals surface area contributed by atoms with Crippen LogP contribution in [0.3, 0.4) is 0 Å². The molecule has 0 radical (unpaired) electrons. The minimum Gasteiger partial charge on any atom is -0.394 e. The number of aliphatic hydroxyl groups excluding tert-OH is 1. The molecule has 0 saturated heterocycles. The van der Waals surface area contributed by atoms with E-state index in [0.29, 0.717) is 5.56 Å². The largest absolute Gasteiger partial charge is 0.394 e. The number of hydrogen-bond donors (Lipinski definition) is 1. The highest BCUT2D eigenvalue weighted by Gasteiger charge is 2.27. The smallest absolute Gasteiger partial charge is 0.257 e. The van der Waals surface area contributed by atoms with E-state index in [1.165, 1.54) is 11.1 Å². The zero-order valence-corrected chi connectivity index (χ0v) is 9.56. The number of aryl methyl sites for hydroxylation is 1. The van der Waals surface area contributed by atoms with E-state index in [-0.39, 0.29) is 12.5 Å². The Balaban J connectivity index is 2.86. The number of aromatic nitrogens is 2. The Morgan fingerprint density at radius 2 is 2.27 bits per heavy atom. The molecule has 0 atom stereocenters. The first-order chi connectivity index (χ1) is 6.88. The van der Waals surface area contributed by atoms with Gasteiger partial charge in [-0.1, -0.05) is 0 Å². The van der Waals surface area contributed by atoms with Crippen LogP contribution < -0.4 is 0 Å². The summed E-state index contributed by atoms with van der Waals surface area (Å²) in [5.41, 5.74) is -0.0334. The molecule has 0 fully saturated rings. The van der Waals surface area contributed by atoms with Crippen LogP contribution in [-0.2, 0) is 7.05 Å². The topological polar surface area (TPSA) is 58.4 Å². The van der Waals surface area contributed by atoms with E-state index < -0.39 is 5.54 Å². The fraction of sp³-hybridized carbons (Fsp3) is 0.600. The van der Waals surface area contributed by atoms with Crippen LogP contribution in [0.2, 0.25) is 0 Å². The number of likely N-dealkylation sites (N-methyl/N-ethyl adjacent to an activating group) is 1. The molecule has 1 aromatic heterocycles. The highest BCUT2D eigenvalue weighted by molar-refractivity contribution is 5.94. The molecule has 1 rings (SSSR count). The first-order valence-electron chi connectivity index (χ1n) is 4.76. The predicted molar refractivity (Wildman–Crippen MR) is 56.5 cm³/mol. The van der Waals surface area contributed by atoms with Gasteiger partial charge in [-0.2, -0.15) is 5.10 Å². The van der Waals surface area contributed by atoms with E-state index in [4.69, 9.17) is 5.11 Å². The zero-order chi connectivity index (χ0) is 11.6. The Bertz CT molecular complexity index is 357. The normalized spacial score (nSPS) is 11.5. The van der Waals surface area contributed by atoms with Gasteiger partial charge in [-0.15, -0.1) is 0 Å². The molecule has 15 heavy (non-hydrogen) atoms. The Kier molecular flexibility index (Phi) is 3.14. The lowest BCUT2D eigenvalue weighted by Gasteiger charge is -2.33. The summed E-state index contributed by atoms with van der Waals surface area (Å²) < 4.78 is 1.58. The van der Waals surface area contributed by atoms with Crippen molar-refractivity contribution in [2.24, 2.45) is 7.05 Å². The molecule has 0 spiro atoms. The van der Waals surface area contributed by atoms with Crippen LogP contribution in [0.15, 0.2) is 12.4 Å². The Morgan fingerprint density at radius 3 is 2.67 bits per heavy atom. The van der Waals surface area contributed by atoms with Gasteiger partial charge >= 0.3 is 0 Å². The second-order valence-corrected chi connectivity index (χ2v) is 4.24. The molecule has 1 aromatic rings. The van der Waals surface area contributed by atoms with Gasteiger partial charge in [-0.25, -0.2) is 0 Å². The van der Waals surface area contributed by atoms with E-state index in [0.717, 1.165) is 0 Å². The van der Waals surface area contributed by atoms with E-state index in [1.54, 1.807) is 38.8 Å². The van der Waals surface area contributed by atoms with Crippen molar-refractivity contribution in [2.75, 3.05) is 13.7 Å².